The molecule has 5 heteroatoms. The molecule has 0 atom stereocenters. The van der Waals surface area contributed by atoms with Gasteiger partial charge in [0.25, 0.3) is 0 Å². The summed E-state index contributed by atoms with van der Waals surface area (Å²) in [5.74, 6) is 1.68. The van der Waals surface area contributed by atoms with Gasteiger partial charge in [0.05, 0.1) is 12.8 Å². The Morgan fingerprint density at radius 3 is 2.57 bits per heavy atom. The Balaban J connectivity index is 2.13. The predicted octanol–water partition coefficient (Wildman–Crippen LogP) is 1.76. The first-order valence-corrected chi connectivity index (χ1v) is 7.43. The van der Waals surface area contributed by atoms with E-state index in [0.717, 1.165) is 42.6 Å². The molecular weight excluding hydrogens is 264 g/mol. The van der Waals surface area contributed by atoms with Gasteiger partial charge >= 0.3 is 0 Å². The lowest BCUT2D eigenvalue weighted by molar-refractivity contribution is 0.285. The zero-order valence-electron chi connectivity index (χ0n) is 13.2. The molecule has 0 unspecified atom stereocenters. The van der Waals surface area contributed by atoms with Crippen LogP contribution in [-0.4, -0.2) is 51.6 Å². The number of benzene rings is 1. The Hall–Kier alpha value is -1.75. The van der Waals surface area contributed by atoms with Crippen LogP contribution in [0.25, 0.3) is 0 Å². The van der Waals surface area contributed by atoms with E-state index in [0.29, 0.717) is 0 Å². The summed E-state index contributed by atoms with van der Waals surface area (Å²) in [6.07, 6.45) is 2.35. The Bertz CT molecular complexity index is 493. The van der Waals surface area contributed by atoms with Gasteiger partial charge in [-0.05, 0) is 45.0 Å². The highest BCUT2D eigenvalue weighted by molar-refractivity contribution is 6.00. The Kier molecular flexibility index (Phi) is 5.07. The van der Waals surface area contributed by atoms with Crippen molar-refractivity contribution in [3.8, 4) is 5.75 Å². The number of nitrogens with zero attached hydrogens (tertiary/aromatic N) is 2. The lowest BCUT2D eigenvalue weighted by Gasteiger charge is -2.35. The number of methoxy groups -OCH3 is 1. The monoisotopic (exact) mass is 290 g/mol. The fourth-order valence-corrected chi connectivity index (χ4v) is 3.00. The molecule has 5 nitrogen and oxygen atoms in total. The molecule has 2 rings (SSSR count). The van der Waals surface area contributed by atoms with Crippen molar-refractivity contribution >= 4 is 11.5 Å². The Labute approximate surface area is 127 Å². The van der Waals surface area contributed by atoms with E-state index in [-0.39, 0.29) is 5.84 Å². The van der Waals surface area contributed by atoms with Gasteiger partial charge in [0.1, 0.15) is 11.6 Å². The largest absolute Gasteiger partial charge is 0.497 e. The van der Waals surface area contributed by atoms with Gasteiger partial charge < -0.3 is 20.3 Å². The van der Waals surface area contributed by atoms with E-state index in [1.165, 1.54) is 12.8 Å². The van der Waals surface area contributed by atoms with Gasteiger partial charge in [-0.2, -0.15) is 0 Å². The van der Waals surface area contributed by atoms with Gasteiger partial charge in [-0.15, -0.1) is 0 Å². The van der Waals surface area contributed by atoms with Crippen LogP contribution in [0.1, 0.15) is 18.4 Å². The zero-order valence-corrected chi connectivity index (χ0v) is 13.2. The number of nitrogens with one attached hydrogen (secondary N) is 1. The number of nitrogen functional groups attached to an aromatic ring is 1. The zero-order chi connectivity index (χ0) is 15.4. The van der Waals surface area contributed by atoms with Crippen molar-refractivity contribution in [2.45, 2.75) is 12.8 Å². The molecule has 21 heavy (non-hydrogen) atoms. The van der Waals surface area contributed by atoms with E-state index in [2.05, 4.69) is 23.9 Å². The number of hydrogen-bond donors (Lipinski definition) is 2. The third-order valence-corrected chi connectivity index (χ3v) is 4.07. The summed E-state index contributed by atoms with van der Waals surface area (Å²) in [6, 6.07) is 5.73. The number of amidine groups is 1. The second-order valence-electron chi connectivity index (χ2n) is 5.99. The molecule has 0 saturated carbocycles. The highest BCUT2D eigenvalue weighted by Gasteiger charge is 2.22. The minimum absolute atomic E-state index is 0.114. The summed E-state index contributed by atoms with van der Waals surface area (Å²) >= 11 is 0. The molecule has 0 bridgehead atoms. The van der Waals surface area contributed by atoms with Gasteiger partial charge in [-0.3, -0.25) is 5.41 Å². The van der Waals surface area contributed by atoms with Crippen molar-refractivity contribution in [2.75, 3.05) is 45.7 Å². The highest BCUT2D eigenvalue weighted by Crippen LogP contribution is 2.29. The van der Waals surface area contributed by atoms with Crippen LogP contribution >= 0.6 is 0 Å². The lowest BCUT2D eigenvalue weighted by atomic mass is 9.95. The van der Waals surface area contributed by atoms with Crippen molar-refractivity contribution in [1.29, 1.82) is 5.41 Å². The first-order chi connectivity index (χ1) is 10.0. The van der Waals surface area contributed by atoms with Crippen molar-refractivity contribution in [1.82, 2.24) is 4.90 Å². The van der Waals surface area contributed by atoms with Crippen molar-refractivity contribution < 1.29 is 4.74 Å². The number of ether oxygens (including phenoxy) is 1. The van der Waals surface area contributed by atoms with Crippen LogP contribution in [-0.2, 0) is 0 Å². The molecule has 0 aromatic heterocycles. The summed E-state index contributed by atoms with van der Waals surface area (Å²) in [6.45, 7) is 3.16. The molecule has 1 aromatic rings. The highest BCUT2D eigenvalue weighted by atomic mass is 16.5. The van der Waals surface area contributed by atoms with E-state index in [4.69, 9.17) is 15.9 Å². The van der Waals surface area contributed by atoms with Crippen LogP contribution in [0.5, 0.6) is 5.75 Å². The van der Waals surface area contributed by atoms with Crippen LogP contribution in [0.15, 0.2) is 18.2 Å². The molecule has 0 spiro atoms. The molecule has 116 valence electrons. The number of anilines is 1. The van der Waals surface area contributed by atoms with Gasteiger partial charge in [-0.25, -0.2) is 0 Å². The second kappa shape index (κ2) is 6.80. The third-order valence-electron chi connectivity index (χ3n) is 4.07. The Morgan fingerprint density at radius 2 is 2.05 bits per heavy atom. The summed E-state index contributed by atoms with van der Waals surface area (Å²) in [5, 5.41) is 7.76. The molecule has 1 heterocycles. The number of nitrogens with two attached hydrogens (primary N) is 1. The van der Waals surface area contributed by atoms with Crippen LogP contribution in [0.4, 0.5) is 5.69 Å². The molecule has 0 amide bonds. The SMILES string of the molecule is COc1ccc(C(=N)N)c(N2CCC(CN(C)C)CC2)c1. The van der Waals surface area contributed by atoms with Crippen molar-refractivity contribution in [2.24, 2.45) is 11.7 Å². The minimum Gasteiger partial charge on any atom is -0.497 e. The first-order valence-electron chi connectivity index (χ1n) is 7.43. The summed E-state index contributed by atoms with van der Waals surface area (Å²) in [5.41, 5.74) is 7.53. The van der Waals surface area contributed by atoms with E-state index in [9.17, 15) is 0 Å². The fraction of sp³-hybridized carbons (Fsp3) is 0.562. The van der Waals surface area contributed by atoms with Gasteiger partial charge in [0, 0.05) is 31.3 Å². The maximum atomic E-state index is 7.76. The maximum Gasteiger partial charge on any atom is 0.124 e. The third kappa shape index (κ3) is 3.88. The molecule has 1 aliphatic rings. The molecule has 1 saturated heterocycles. The normalized spacial score (nSPS) is 16.3. The summed E-state index contributed by atoms with van der Waals surface area (Å²) < 4.78 is 5.31. The van der Waals surface area contributed by atoms with Crippen LogP contribution in [0.2, 0.25) is 0 Å². The predicted molar refractivity (Wildman–Crippen MR) is 87.5 cm³/mol. The average Bonchev–Trinajstić information content (AvgIpc) is 2.46. The molecule has 1 fully saturated rings. The quantitative estimate of drug-likeness (QED) is 0.640. The lowest BCUT2D eigenvalue weighted by Crippen LogP contribution is -2.38. The molecule has 1 aliphatic heterocycles. The minimum atomic E-state index is 0.114. The molecule has 1 aromatic carbocycles. The number of hydrogen-bond acceptors (Lipinski definition) is 4. The van der Waals surface area contributed by atoms with E-state index >= 15 is 0 Å². The fourth-order valence-electron chi connectivity index (χ4n) is 3.00. The molecule has 0 radical (unpaired) electrons. The van der Waals surface area contributed by atoms with Crippen molar-refractivity contribution in [3.63, 3.8) is 0 Å². The van der Waals surface area contributed by atoms with E-state index in [1.807, 2.05) is 18.2 Å². The smallest absolute Gasteiger partial charge is 0.124 e. The van der Waals surface area contributed by atoms with Gasteiger partial charge in [-0.1, -0.05) is 0 Å². The second-order valence-corrected chi connectivity index (χ2v) is 5.99. The first kappa shape index (κ1) is 15.6. The van der Waals surface area contributed by atoms with Gasteiger partial charge in [0.2, 0.25) is 0 Å². The molecule has 0 aliphatic carbocycles. The Morgan fingerprint density at radius 1 is 1.38 bits per heavy atom. The van der Waals surface area contributed by atoms with Crippen LogP contribution < -0.4 is 15.4 Å². The summed E-state index contributed by atoms with van der Waals surface area (Å²) in [4.78, 5) is 4.58. The van der Waals surface area contributed by atoms with Crippen LogP contribution in [0, 0.1) is 11.3 Å². The van der Waals surface area contributed by atoms with Gasteiger partial charge in [0.15, 0.2) is 0 Å². The molecular formula is C16H26N4O. The average molecular weight is 290 g/mol. The van der Waals surface area contributed by atoms with E-state index < -0.39 is 0 Å². The van der Waals surface area contributed by atoms with Crippen molar-refractivity contribution in [3.05, 3.63) is 23.8 Å². The number of piperidine rings is 1. The van der Waals surface area contributed by atoms with E-state index in [1.54, 1.807) is 7.11 Å². The summed E-state index contributed by atoms with van der Waals surface area (Å²) in [7, 11) is 5.92. The number of rotatable bonds is 5. The molecule has 3 N–H and O–H groups in total. The standard InChI is InChI=1S/C16H26N4O/c1-19(2)11-12-6-8-20(9-7-12)15-10-13(21-3)4-5-14(15)16(17)18/h4-5,10,12H,6-9,11H2,1-3H3,(H3,17,18). The maximum absolute atomic E-state index is 7.76. The topological polar surface area (TPSA) is 65.6 Å². The van der Waals surface area contributed by atoms with Crippen LogP contribution in [0.3, 0.4) is 0 Å².